The van der Waals surface area contributed by atoms with E-state index in [0.29, 0.717) is 5.82 Å². The number of non-ortho nitro benzene ring substituents is 1. The molecule has 1 atom stereocenters. The number of carbonyl (C=O) groups is 3. The Morgan fingerprint density at radius 1 is 1.22 bits per heavy atom. The van der Waals surface area contributed by atoms with Crippen LogP contribution in [0.25, 0.3) is 0 Å². The summed E-state index contributed by atoms with van der Waals surface area (Å²) in [4.78, 5) is 50.2. The number of benzene rings is 1. The maximum absolute atomic E-state index is 12.5. The first-order chi connectivity index (χ1) is 17.8. The van der Waals surface area contributed by atoms with E-state index in [1.807, 2.05) is 6.07 Å². The number of anilines is 1. The second kappa shape index (κ2) is 12.3. The number of nitriles is 1. The lowest BCUT2D eigenvalue weighted by molar-refractivity contribution is -0.384. The average Bonchev–Trinajstić information content (AvgIpc) is 3.32. The van der Waals surface area contributed by atoms with Gasteiger partial charge in [0.15, 0.2) is 5.82 Å². The number of nitro benzene ring substituents is 1. The molecule has 0 radical (unpaired) electrons. The molecule has 0 saturated carbocycles. The SMILES string of the molecule is N#CCCn1nnnc1CCC(NC(=O)c1ccc(NC(=O)Oc2ccc([N+](=O)[O-])cc2)cn1)C(=O)O. The lowest BCUT2D eigenvalue weighted by Gasteiger charge is -2.14. The van der Waals surface area contributed by atoms with Gasteiger partial charge in [0, 0.05) is 18.6 Å². The summed E-state index contributed by atoms with van der Waals surface area (Å²) in [5.41, 5.74) is -0.0753. The van der Waals surface area contributed by atoms with Crippen molar-refractivity contribution < 1.29 is 29.2 Å². The van der Waals surface area contributed by atoms with Crippen LogP contribution in [0.5, 0.6) is 5.75 Å². The number of nitrogens with zero attached hydrogens (tertiary/aromatic N) is 7. The largest absolute Gasteiger partial charge is 0.480 e. The lowest BCUT2D eigenvalue weighted by atomic mass is 10.1. The molecule has 0 aliphatic heterocycles. The number of hydrogen-bond donors (Lipinski definition) is 3. The van der Waals surface area contributed by atoms with Gasteiger partial charge < -0.3 is 15.2 Å². The molecule has 2 aromatic heterocycles. The number of carboxylic acid groups (broad SMARTS) is 1. The molecule has 190 valence electrons. The number of tetrazole rings is 1. The van der Waals surface area contributed by atoms with Gasteiger partial charge in [-0.3, -0.25) is 20.2 Å². The number of aromatic nitrogens is 5. The van der Waals surface area contributed by atoms with Crippen LogP contribution < -0.4 is 15.4 Å². The standard InChI is InChI=1S/C21H19N9O7/c22-10-1-11-29-18(26-27-28-29)9-8-17(20(32)33)25-19(31)16-7-2-13(12-23-16)24-21(34)37-15-5-3-14(4-6-15)30(35)36/h2-7,12,17H,1,8-9,11H2,(H,24,34)(H,25,31)(H,32,33). The van der Waals surface area contributed by atoms with Gasteiger partial charge in [0.25, 0.3) is 11.6 Å². The van der Waals surface area contributed by atoms with E-state index < -0.39 is 28.9 Å². The van der Waals surface area contributed by atoms with E-state index >= 15 is 0 Å². The van der Waals surface area contributed by atoms with Crippen LogP contribution in [-0.4, -0.2) is 59.2 Å². The Morgan fingerprint density at radius 3 is 2.59 bits per heavy atom. The summed E-state index contributed by atoms with van der Waals surface area (Å²) in [5.74, 6) is -1.57. The van der Waals surface area contributed by atoms with Crippen LogP contribution in [0.15, 0.2) is 42.6 Å². The van der Waals surface area contributed by atoms with Crippen molar-refractivity contribution in [3.63, 3.8) is 0 Å². The number of pyridine rings is 1. The van der Waals surface area contributed by atoms with Crippen molar-refractivity contribution in [2.45, 2.75) is 31.8 Å². The van der Waals surface area contributed by atoms with Crippen molar-refractivity contribution in [2.75, 3.05) is 5.32 Å². The smallest absolute Gasteiger partial charge is 0.417 e. The monoisotopic (exact) mass is 509 g/mol. The molecule has 2 heterocycles. The Labute approximate surface area is 208 Å². The van der Waals surface area contributed by atoms with Crippen LogP contribution >= 0.6 is 0 Å². The molecule has 0 saturated heterocycles. The van der Waals surface area contributed by atoms with Crippen LogP contribution in [-0.2, 0) is 17.8 Å². The third kappa shape index (κ3) is 7.51. The summed E-state index contributed by atoms with van der Waals surface area (Å²) >= 11 is 0. The number of rotatable bonds is 11. The first-order valence-electron chi connectivity index (χ1n) is 10.6. The van der Waals surface area contributed by atoms with Crippen LogP contribution in [0, 0.1) is 21.4 Å². The third-order valence-corrected chi connectivity index (χ3v) is 4.80. The fourth-order valence-electron chi connectivity index (χ4n) is 2.98. The van der Waals surface area contributed by atoms with Gasteiger partial charge in [-0.25, -0.2) is 19.3 Å². The second-order valence-electron chi connectivity index (χ2n) is 7.33. The number of nitro groups is 1. The average molecular weight is 509 g/mol. The van der Waals surface area contributed by atoms with Crippen molar-refractivity contribution in [3.8, 4) is 11.8 Å². The highest BCUT2D eigenvalue weighted by Crippen LogP contribution is 2.18. The van der Waals surface area contributed by atoms with Gasteiger partial charge in [0.2, 0.25) is 0 Å². The highest BCUT2D eigenvalue weighted by molar-refractivity contribution is 5.95. The molecule has 0 spiro atoms. The molecule has 16 heteroatoms. The summed E-state index contributed by atoms with van der Waals surface area (Å²) in [6.45, 7) is 0.259. The minimum atomic E-state index is -1.27. The van der Waals surface area contributed by atoms with E-state index in [1.165, 1.54) is 47.3 Å². The molecule has 3 aromatic rings. The quantitative estimate of drug-likeness (QED) is 0.245. The lowest BCUT2D eigenvalue weighted by Crippen LogP contribution is -2.41. The number of carboxylic acids is 1. The molecule has 0 aliphatic carbocycles. The molecule has 0 aliphatic rings. The summed E-state index contributed by atoms with van der Waals surface area (Å²) in [6, 6.07) is 8.22. The summed E-state index contributed by atoms with van der Waals surface area (Å²) < 4.78 is 6.41. The Kier molecular flexibility index (Phi) is 8.70. The summed E-state index contributed by atoms with van der Waals surface area (Å²) in [7, 11) is 0. The van der Waals surface area contributed by atoms with Crippen LogP contribution in [0.2, 0.25) is 0 Å². The van der Waals surface area contributed by atoms with Gasteiger partial charge in [-0.2, -0.15) is 5.26 Å². The topological polar surface area (TPSA) is 228 Å². The number of carbonyl (C=O) groups excluding carboxylic acids is 2. The van der Waals surface area contributed by atoms with E-state index in [-0.39, 0.29) is 48.6 Å². The molecule has 0 fully saturated rings. The predicted molar refractivity (Wildman–Crippen MR) is 122 cm³/mol. The van der Waals surface area contributed by atoms with Gasteiger partial charge in [0.05, 0.1) is 35.8 Å². The Hall–Kier alpha value is -5.46. The zero-order chi connectivity index (χ0) is 26.8. The minimum Gasteiger partial charge on any atom is -0.480 e. The molecule has 3 rings (SSSR count). The molecular formula is C21H19N9O7. The van der Waals surface area contributed by atoms with E-state index in [0.717, 1.165) is 0 Å². The number of amides is 2. The molecule has 1 unspecified atom stereocenters. The highest BCUT2D eigenvalue weighted by atomic mass is 16.6. The Morgan fingerprint density at radius 2 is 1.97 bits per heavy atom. The number of aryl methyl sites for hydroxylation is 2. The molecule has 3 N–H and O–H groups in total. The number of aliphatic carboxylic acids is 1. The van der Waals surface area contributed by atoms with E-state index in [1.54, 1.807) is 0 Å². The first kappa shape index (κ1) is 26.2. The fraction of sp³-hybridized carbons (Fsp3) is 0.238. The molecule has 0 bridgehead atoms. The van der Waals surface area contributed by atoms with E-state index in [2.05, 4.69) is 31.1 Å². The molecule has 16 nitrogen and oxygen atoms in total. The van der Waals surface area contributed by atoms with Crippen LogP contribution in [0.3, 0.4) is 0 Å². The number of hydrogen-bond acceptors (Lipinski definition) is 11. The van der Waals surface area contributed by atoms with Gasteiger partial charge in [0.1, 0.15) is 17.5 Å². The molecule has 1 aromatic carbocycles. The van der Waals surface area contributed by atoms with E-state index in [4.69, 9.17) is 10.00 Å². The van der Waals surface area contributed by atoms with Crippen LogP contribution in [0.4, 0.5) is 16.2 Å². The fourth-order valence-corrected chi connectivity index (χ4v) is 2.98. The summed E-state index contributed by atoms with van der Waals surface area (Å²) in [5, 5.41) is 44.7. The first-order valence-corrected chi connectivity index (χ1v) is 10.6. The van der Waals surface area contributed by atoms with E-state index in [9.17, 15) is 29.6 Å². The van der Waals surface area contributed by atoms with Crippen molar-refractivity contribution in [1.82, 2.24) is 30.5 Å². The number of ether oxygens (including phenoxy) is 1. The predicted octanol–water partition coefficient (Wildman–Crippen LogP) is 1.32. The zero-order valence-electron chi connectivity index (χ0n) is 19.0. The molecular weight excluding hydrogens is 490 g/mol. The molecule has 37 heavy (non-hydrogen) atoms. The van der Waals surface area contributed by atoms with Crippen molar-refractivity contribution >= 4 is 29.3 Å². The van der Waals surface area contributed by atoms with Crippen LogP contribution in [0.1, 0.15) is 29.2 Å². The van der Waals surface area contributed by atoms with Gasteiger partial charge in [-0.1, -0.05) is 0 Å². The normalized spacial score (nSPS) is 11.1. The third-order valence-electron chi connectivity index (χ3n) is 4.80. The maximum Gasteiger partial charge on any atom is 0.417 e. The number of nitrogens with one attached hydrogen (secondary N) is 2. The van der Waals surface area contributed by atoms with Gasteiger partial charge in [-0.05, 0) is 41.1 Å². The maximum atomic E-state index is 12.5. The minimum absolute atomic E-state index is 0.0118. The van der Waals surface area contributed by atoms with Crippen molar-refractivity contribution in [3.05, 3.63) is 64.2 Å². The Balaban J connectivity index is 1.54. The van der Waals surface area contributed by atoms with Crippen molar-refractivity contribution in [1.29, 1.82) is 5.26 Å². The second-order valence-corrected chi connectivity index (χ2v) is 7.33. The highest BCUT2D eigenvalue weighted by Gasteiger charge is 2.22. The summed E-state index contributed by atoms with van der Waals surface area (Å²) in [6.07, 6.45) is 0.592. The zero-order valence-corrected chi connectivity index (χ0v) is 19.0. The Bertz CT molecular complexity index is 1320. The van der Waals surface area contributed by atoms with Gasteiger partial charge >= 0.3 is 12.1 Å². The van der Waals surface area contributed by atoms with Gasteiger partial charge in [-0.15, -0.1) is 5.10 Å². The van der Waals surface area contributed by atoms with Crippen molar-refractivity contribution in [2.24, 2.45) is 0 Å². The molecule has 2 amide bonds.